The summed E-state index contributed by atoms with van der Waals surface area (Å²) in [4.78, 5) is 10.0. The van der Waals surface area contributed by atoms with Crippen molar-refractivity contribution >= 4 is 5.97 Å². The molecule has 0 aromatic carbocycles. The average Bonchev–Trinajstić information content (AvgIpc) is 1.83. The predicted octanol–water partition coefficient (Wildman–Crippen LogP) is 1.46. The molecule has 0 aromatic heterocycles. The van der Waals surface area contributed by atoms with Crippen molar-refractivity contribution in [2.75, 3.05) is 0 Å². The topological polar surface area (TPSA) is 77.8 Å². The number of carbonyl (C=O) groups is 1. The Morgan fingerprint density at radius 1 is 1.00 bits per heavy atom. The fraction of sp³-hybridized carbons (Fsp3) is 0.900. The Bertz CT molecular complexity index is 177. The Balaban J connectivity index is -0.000000180. The summed E-state index contributed by atoms with van der Waals surface area (Å²) in [5.74, 6) is -0.757. The van der Waals surface area contributed by atoms with Gasteiger partial charge in [-0.25, -0.2) is 0 Å². The van der Waals surface area contributed by atoms with E-state index in [-0.39, 0.29) is 24.9 Å². The Morgan fingerprint density at radius 2 is 1.13 bits per heavy atom. The predicted molar refractivity (Wildman–Crippen MR) is 54.8 cm³/mol. The van der Waals surface area contributed by atoms with E-state index in [1.165, 1.54) is 0 Å². The van der Waals surface area contributed by atoms with E-state index in [2.05, 4.69) is 0 Å². The third-order valence-corrected chi connectivity index (χ3v) is 1.42. The number of carboxylic acids is 1. The van der Waals surface area contributed by atoms with Crippen LogP contribution in [0.25, 0.3) is 0 Å². The molecule has 0 spiro atoms. The number of hydrogen-bond donors (Lipinski definition) is 3. The minimum Gasteiger partial charge on any atom is -0.481 e. The van der Waals surface area contributed by atoms with Gasteiger partial charge in [-0.2, -0.15) is 0 Å². The van der Waals surface area contributed by atoms with Gasteiger partial charge in [-0.05, 0) is 20.8 Å². The van der Waals surface area contributed by atoms with Gasteiger partial charge in [-0.15, -0.1) is 0 Å². The van der Waals surface area contributed by atoms with E-state index in [0.29, 0.717) is 0 Å². The van der Waals surface area contributed by atoms with Crippen molar-refractivity contribution in [1.82, 2.24) is 0 Å². The molecule has 94 valence electrons. The molecule has 0 unspecified atom stereocenters. The minimum atomic E-state index is -1.20. The summed E-state index contributed by atoms with van der Waals surface area (Å²) in [6.45, 7) is 10.3. The Morgan fingerprint density at radius 3 is 1.13 bits per heavy atom. The first-order valence-electron chi connectivity index (χ1n) is 4.48. The van der Waals surface area contributed by atoms with E-state index in [9.17, 15) is 4.79 Å². The van der Waals surface area contributed by atoms with Crippen LogP contribution in [0.3, 0.4) is 0 Å². The molecule has 0 aliphatic rings. The number of aliphatic carboxylic acids is 1. The molecule has 0 heterocycles. The first kappa shape index (κ1) is 20.4. The molecule has 15 heavy (non-hydrogen) atoms. The maximum Gasteiger partial charge on any atom is 0.308 e. The molecule has 0 amide bonds. The summed E-state index contributed by atoms with van der Waals surface area (Å²) >= 11 is 0. The second kappa shape index (κ2) is 7.31. The summed E-state index contributed by atoms with van der Waals surface area (Å²) in [6.07, 6.45) is -1.20. The minimum absolute atomic E-state index is 0. The van der Waals surface area contributed by atoms with Gasteiger partial charge in [0.05, 0.1) is 5.41 Å². The summed E-state index contributed by atoms with van der Waals surface area (Å²) in [5, 5.41) is 25.1. The van der Waals surface area contributed by atoms with Crippen LogP contribution in [-0.4, -0.2) is 27.6 Å². The summed E-state index contributed by atoms with van der Waals surface area (Å²) in [6, 6.07) is 0. The Kier molecular flexibility index (Phi) is 9.96. The van der Waals surface area contributed by atoms with Gasteiger partial charge >= 0.3 is 5.97 Å². The summed E-state index contributed by atoms with van der Waals surface area (Å²) < 4.78 is 0. The molecule has 0 aliphatic carbocycles. The molecule has 0 saturated carbocycles. The van der Waals surface area contributed by atoms with Crippen LogP contribution in [0.2, 0.25) is 0 Å². The van der Waals surface area contributed by atoms with Crippen LogP contribution in [0.15, 0.2) is 0 Å². The van der Waals surface area contributed by atoms with Crippen LogP contribution in [0.4, 0.5) is 0 Å². The largest absolute Gasteiger partial charge is 0.481 e. The van der Waals surface area contributed by atoms with Crippen LogP contribution in [0.5, 0.6) is 0 Å². The molecule has 0 radical (unpaired) electrons. The first-order valence-corrected chi connectivity index (χ1v) is 4.48. The number of hydrogen-bond acceptors (Lipinski definition) is 3. The second-order valence-electron chi connectivity index (χ2n) is 5.29. The van der Waals surface area contributed by atoms with Crippen LogP contribution in [0, 0.1) is 10.8 Å². The van der Waals surface area contributed by atoms with Crippen molar-refractivity contribution in [1.29, 1.82) is 0 Å². The van der Waals surface area contributed by atoms with Gasteiger partial charge in [0.1, 0.15) is 0 Å². The quantitative estimate of drug-likeness (QED) is 0.468. The number of aliphatic hydroxyl groups is 2. The van der Waals surface area contributed by atoms with Crippen molar-refractivity contribution in [3.8, 4) is 0 Å². The fourth-order valence-corrected chi connectivity index (χ4v) is 0. The second-order valence-corrected chi connectivity index (χ2v) is 5.29. The van der Waals surface area contributed by atoms with E-state index < -0.39 is 17.7 Å². The van der Waals surface area contributed by atoms with Crippen molar-refractivity contribution in [3.05, 3.63) is 0 Å². The van der Waals surface area contributed by atoms with Crippen molar-refractivity contribution in [2.45, 2.75) is 47.8 Å². The van der Waals surface area contributed by atoms with E-state index >= 15 is 0 Å². The van der Waals surface area contributed by atoms with E-state index in [1.807, 2.05) is 0 Å². The van der Waals surface area contributed by atoms with Crippen molar-refractivity contribution < 1.29 is 39.6 Å². The standard InChI is InChI=1S/C5H12O2.C5H10O2.Ru/c2*1-5(2,3)4(6)7;/h4,6-7H,1-3H3;1-3H3,(H,6,7);. The molecule has 3 N–H and O–H groups in total. The van der Waals surface area contributed by atoms with Gasteiger partial charge in [0, 0.05) is 24.9 Å². The van der Waals surface area contributed by atoms with Crippen molar-refractivity contribution in [3.63, 3.8) is 0 Å². The zero-order chi connectivity index (χ0) is 12.2. The smallest absolute Gasteiger partial charge is 0.308 e. The molecular formula is C10H22O4Ru. The average molecular weight is 307 g/mol. The molecule has 5 heteroatoms. The summed E-state index contributed by atoms with van der Waals surface area (Å²) in [5.41, 5.74) is -0.972. The molecule has 0 fully saturated rings. The van der Waals surface area contributed by atoms with E-state index in [4.69, 9.17) is 15.3 Å². The maximum absolute atomic E-state index is 10.0. The van der Waals surface area contributed by atoms with E-state index in [0.717, 1.165) is 0 Å². The van der Waals surface area contributed by atoms with Crippen LogP contribution >= 0.6 is 0 Å². The van der Waals surface area contributed by atoms with Gasteiger partial charge in [0.25, 0.3) is 0 Å². The molecule has 0 bridgehead atoms. The zero-order valence-electron chi connectivity index (χ0n) is 10.2. The molecular weight excluding hydrogens is 285 g/mol. The Hall–Kier alpha value is 0.0134. The first-order chi connectivity index (χ1) is 5.89. The fourth-order valence-electron chi connectivity index (χ4n) is 0. The summed E-state index contributed by atoms with van der Waals surface area (Å²) in [7, 11) is 0. The maximum atomic E-state index is 10.0. The van der Waals surface area contributed by atoms with Crippen LogP contribution < -0.4 is 0 Å². The van der Waals surface area contributed by atoms with Gasteiger partial charge in [0.2, 0.25) is 0 Å². The molecule has 0 saturated heterocycles. The molecule has 4 nitrogen and oxygen atoms in total. The van der Waals surface area contributed by atoms with Crippen LogP contribution in [0.1, 0.15) is 41.5 Å². The van der Waals surface area contributed by atoms with Gasteiger partial charge in [0.15, 0.2) is 6.29 Å². The number of rotatable bonds is 0. The Labute approximate surface area is 104 Å². The van der Waals surface area contributed by atoms with Gasteiger partial charge < -0.3 is 15.3 Å². The third-order valence-electron chi connectivity index (χ3n) is 1.42. The monoisotopic (exact) mass is 308 g/mol. The van der Waals surface area contributed by atoms with Gasteiger partial charge in [-0.3, -0.25) is 4.79 Å². The van der Waals surface area contributed by atoms with Gasteiger partial charge in [-0.1, -0.05) is 20.8 Å². The zero-order valence-corrected chi connectivity index (χ0v) is 11.9. The molecule has 0 rings (SSSR count). The third kappa shape index (κ3) is 14.0. The number of aliphatic hydroxyl groups excluding tert-OH is 1. The SMILES string of the molecule is CC(C)(C)C(=O)O.CC(C)(C)C(O)O.[Ru]. The van der Waals surface area contributed by atoms with Crippen LogP contribution in [-0.2, 0) is 24.3 Å². The van der Waals surface area contributed by atoms with Crippen molar-refractivity contribution in [2.24, 2.45) is 10.8 Å². The molecule has 0 aliphatic heterocycles. The van der Waals surface area contributed by atoms with E-state index in [1.54, 1.807) is 41.5 Å². The molecule has 0 atom stereocenters. The molecule has 0 aromatic rings. The number of carboxylic acid groups (broad SMARTS) is 1. The normalized spacial score (nSPS) is 11.3.